The molecule has 1 amide bonds. The van der Waals surface area contributed by atoms with Crippen molar-refractivity contribution in [2.75, 3.05) is 12.4 Å². The highest BCUT2D eigenvalue weighted by molar-refractivity contribution is 6.02. The van der Waals surface area contributed by atoms with E-state index in [2.05, 4.69) is 15.4 Å². The van der Waals surface area contributed by atoms with Crippen LogP contribution in [0.3, 0.4) is 0 Å². The van der Waals surface area contributed by atoms with Crippen LogP contribution < -0.4 is 5.32 Å². The van der Waals surface area contributed by atoms with E-state index in [1.807, 2.05) is 0 Å². The molecule has 0 bridgehead atoms. The van der Waals surface area contributed by atoms with Crippen molar-refractivity contribution in [1.29, 1.82) is 0 Å². The summed E-state index contributed by atoms with van der Waals surface area (Å²) in [6, 6.07) is 0. The molecule has 0 aliphatic heterocycles. The first-order valence-electron chi connectivity index (χ1n) is 6.54. The molecular formula is C13H16N4O3. The lowest BCUT2D eigenvalue weighted by Gasteiger charge is -2.21. The maximum atomic E-state index is 12.0. The van der Waals surface area contributed by atoms with Gasteiger partial charge in [-0.15, -0.1) is 0 Å². The molecule has 1 aliphatic rings. The number of aromatic nitrogens is 3. The van der Waals surface area contributed by atoms with Crippen molar-refractivity contribution >= 4 is 11.6 Å². The topological polar surface area (TPSA) is 82.2 Å². The summed E-state index contributed by atoms with van der Waals surface area (Å²) in [5.74, 6) is 0.744. The van der Waals surface area contributed by atoms with Crippen molar-refractivity contribution in [2.24, 2.45) is 0 Å². The minimum absolute atomic E-state index is 0.295. The number of hydrogen-bond acceptors (Lipinski definition) is 5. The Bertz CT molecular complexity index is 600. The molecule has 7 heteroatoms. The van der Waals surface area contributed by atoms with Crippen LogP contribution in [0.4, 0.5) is 5.69 Å². The predicted octanol–water partition coefficient (Wildman–Crippen LogP) is 1.99. The maximum absolute atomic E-state index is 12.0. The average Bonchev–Trinajstić information content (AvgIpc) is 2.97. The maximum Gasteiger partial charge on any atom is 0.277 e. The molecule has 1 N–H and O–H groups in total. The Hall–Kier alpha value is -2.15. The molecule has 106 valence electrons. The zero-order valence-electron chi connectivity index (χ0n) is 11.2. The van der Waals surface area contributed by atoms with Crippen molar-refractivity contribution in [3.63, 3.8) is 0 Å². The Kier molecular flexibility index (Phi) is 3.51. The summed E-state index contributed by atoms with van der Waals surface area (Å²) in [6.45, 7) is 0.339. The van der Waals surface area contributed by atoms with Gasteiger partial charge in [0.05, 0.1) is 18.1 Å². The lowest BCUT2D eigenvalue weighted by Crippen LogP contribution is -2.13. The molecule has 0 radical (unpaired) electrons. The van der Waals surface area contributed by atoms with E-state index in [1.54, 1.807) is 24.2 Å². The van der Waals surface area contributed by atoms with Crippen LogP contribution in [0.2, 0.25) is 0 Å². The van der Waals surface area contributed by atoms with Gasteiger partial charge in [-0.25, -0.2) is 9.67 Å². The number of nitrogens with one attached hydrogen (secondary N) is 1. The van der Waals surface area contributed by atoms with Crippen molar-refractivity contribution in [3.05, 3.63) is 30.2 Å². The first kappa shape index (κ1) is 12.9. The molecule has 2 aromatic rings. The van der Waals surface area contributed by atoms with Crippen LogP contribution in [0.1, 0.15) is 41.6 Å². The molecule has 2 heterocycles. The highest BCUT2D eigenvalue weighted by Crippen LogP contribution is 2.35. The molecule has 1 saturated carbocycles. The summed E-state index contributed by atoms with van der Waals surface area (Å²) in [6.07, 6.45) is 8.03. The summed E-state index contributed by atoms with van der Waals surface area (Å²) < 4.78 is 11.9. The van der Waals surface area contributed by atoms with Gasteiger partial charge in [0.15, 0.2) is 11.6 Å². The van der Waals surface area contributed by atoms with Gasteiger partial charge in [-0.2, -0.15) is 5.10 Å². The average molecular weight is 276 g/mol. The Morgan fingerprint density at radius 2 is 2.45 bits per heavy atom. The van der Waals surface area contributed by atoms with E-state index in [1.165, 1.54) is 12.7 Å². The van der Waals surface area contributed by atoms with Gasteiger partial charge in [-0.05, 0) is 12.8 Å². The Balaban J connectivity index is 1.64. The fraction of sp³-hybridized carbons (Fsp3) is 0.462. The summed E-state index contributed by atoms with van der Waals surface area (Å²) in [4.78, 5) is 16.3. The van der Waals surface area contributed by atoms with E-state index in [4.69, 9.17) is 9.15 Å². The molecule has 0 aromatic carbocycles. The summed E-state index contributed by atoms with van der Waals surface area (Å²) in [7, 11) is 1.58. The molecule has 3 rings (SSSR count). The van der Waals surface area contributed by atoms with Gasteiger partial charge in [0, 0.05) is 13.0 Å². The van der Waals surface area contributed by atoms with Crippen LogP contribution in [-0.4, -0.2) is 27.8 Å². The molecule has 1 fully saturated rings. The number of ether oxygens (including phenoxy) is 1. The van der Waals surface area contributed by atoms with Crippen molar-refractivity contribution in [3.8, 4) is 0 Å². The summed E-state index contributed by atoms with van der Waals surface area (Å²) >= 11 is 0. The van der Waals surface area contributed by atoms with Crippen molar-refractivity contribution < 1.29 is 13.9 Å². The highest BCUT2D eigenvalue weighted by Gasteiger charge is 2.25. The van der Waals surface area contributed by atoms with E-state index >= 15 is 0 Å². The molecule has 0 atom stereocenters. The lowest BCUT2D eigenvalue weighted by molar-refractivity contribution is 0.102. The minimum atomic E-state index is -0.295. The smallest absolute Gasteiger partial charge is 0.277 e. The van der Waals surface area contributed by atoms with Crippen LogP contribution in [0.5, 0.6) is 0 Å². The standard InChI is InChI=1S/C13H16N4O3/c1-19-8-17-6-10(5-14-17)15-12(18)11-7-20-13(16-11)9-3-2-4-9/h5-7,9H,2-4,8H2,1H3,(H,15,18). The predicted molar refractivity (Wildman–Crippen MR) is 70.3 cm³/mol. The number of rotatable bonds is 5. The quantitative estimate of drug-likeness (QED) is 0.903. The van der Waals surface area contributed by atoms with Gasteiger partial charge in [0.25, 0.3) is 5.91 Å². The summed E-state index contributed by atoms with van der Waals surface area (Å²) in [5.41, 5.74) is 0.895. The molecule has 0 spiro atoms. The number of carbonyl (C=O) groups excluding carboxylic acids is 1. The van der Waals surface area contributed by atoms with Crippen LogP contribution in [0, 0.1) is 0 Å². The fourth-order valence-electron chi connectivity index (χ4n) is 2.06. The molecule has 0 unspecified atom stereocenters. The highest BCUT2D eigenvalue weighted by atomic mass is 16.5. The molecular weight excluding hydrogens is 260 g/mol. The SMILES string of the molecule is COCn1cc(NC(=O)c2coc(C3CCC3)n2)cn1. The van der Waals surface area contributed by atoms with E-state index < -0.39 is 0 Å². The van der Waals surface area contributed by atoms with Gasteiger partial charge in [-0.1, -0.05) is 6.42 Å². The van der Waals surface area contributed by atoms with Crippen molar-refractivity contribution in [1.82, 2.24) is 14.8 Å². The van der Waals surface area contributed by atoms with E-state index in [-0.39, 0.29) is 5.91 Å². The van der Waals surface area contributed by atoms with Gasteiger partial charge >= 0.3 is 0 Å². The zero-order valence-corrected chi connectivity index (χ0v) is 11.2. The minimum Gasteiger partial charge on any atom is -0.448 e. The second-order valence-electron chi connectivity index (χ2n) is 4.84. The molecule has 7 nitrogen and oxygen atoms in total. The largest absolute Gasteiger partial charge is 0.448 e. The number of oxazole rings is 1. The van der Waals surface area contributed by atoms with Gasteiger partial charge in [0.1, 0.15) is 13.0 Å². The zero-order chi connectivity index (χ0) is 13.9. The fourth-order valence-corrected chi connectivity index (χ4v) is 2.06. The normalized spacial score (nSPS) is 15.1. The van der Waals surface area contributed by atoms with Crippen molar-refractivity contribution in [2.45, 2.75) is 31.9 Å². The number of amides is 1. The van der Waals surface area contributed by atoms with E-state index in [0.717, 1.165) is 12.8 Å². The number of carbonyl (C=O) groups is 1. The molecule has 20 heavy (non-hydrogen) atoms. The number of methoxy groups -OCH3 is 1. The van der Waals surface area contributed by atoms with Crippen LogP contribution in [0.25, 0.3) is 0 Å². The Morgan fingerprint density at radius 3 is 3.15 bits per heavy atom. The summed E-state index contributed by atoms with van der Waals surface area (Å²) in [5, 5.41) is 6.77. The van der Waals surface area contributed by atoms with E-state index in [9.17, 15) is 4.79 Å². The third-order valence-corrected chi connectivity index (χ3v) is 3.36. The first-order chi connectivity index (χ1) is 9.76. The first-order valence-corrected chi connectivity index (χ1v) is 6.54. The second kappa shape index (κ2) is 5.46. The van der Waals surface area contributed by atoms with Crippen LogP contribution in [-0.2, 0) is 11.5 Å². The number of nitrogens with zero attached hydrogens (tertiary/aromatic N) is 3. The Morgan fingerprint density at radius 1 is 1.60 bits per heavy atom. The molecule has 0 saturated heterocycles. The lowest BCUT2D eigenvalue weighted by atomic mass is 9.85. The number of anilines is 1. The molecule has 2 aromatic heterocycles. The van der Waals surface area contributed by atoms with Gasteiger partial charge < -0.3 is 14.5 Å². The van der Waals surface area contributed by atoms with Crippen LogP contribution in [0.15, 0.2) is 23.1 Å². The second-order valence-corrected chi connectivity index (χ2v) is 4.84. The molecule has 1 aliphatic carbocycles. The number of hydrogen-bond donors (Lipinski definition) is 1. The van der Waals surface area contributed by atoms with E-state index in [0.29, 0.717) is 29.9 Å². The van der Waals surface area contributed by atoms with Gasteiger partial charge in [-0.3, -0.25) is 4.79 Å². The third-order valence-electron chi connectivity index (χ3n) is 3.36. The van der Waals surface area contributed by atoms with Gasteiger partial charge in [0.2, 0.25) is 0 Å². The van der Waals surface area contributed by atoms with Crippen LogP contribution >= 0.6 is 0 Å². The Labute approximate surface area is 115 Å². The monoisotopic (exact) mass is 276 g/mol. The third kappa shape index (κ3) is 2.57.